The number of hydrogen-bond acceptors (Lipinski definition) is 4. The Labute approximate surface area is 171 Å². The van der Waals surface area contributed by atoms with Crippen LogP contribution in [-0.4, -0.2) is 11.5 Å². The number of nitrogens with one attached hydrogen (secondary N) is 1. The van der Waals surface area contributed by atoms with Crippen LogP contribution in [0.3, 0.4) is 0 Å². The number of thioether (sulfide) groups is 1. The van der Waals surface area contributed by atoms with Crippen LogP contribution in [0.25, 0.3) is 4.91 Å². The number of aryl methyl sites for hydroxylation is 1. The maximum Gasteiger partial charge on any atom is 0.118 e. The van der Waals surface area contributed by atoms with Gasteiger partial charge in [0.1, 0.15) is 17.2 Å². The third-order valence-corrected chi connectivity index (χ3v) is 6.53. The van der Waals surface area contributed by atoms with Gasteiger partial charge in [-0.05, 0) is 67.9 Å². The zero-order valence-electron chi connectivity index (χ0n) is 16.5. The zero-order chi connectivity index (χ0) is 19.5. The molecule has 0 saturated carbocycles. The molecule has 0 aromatic heterocycles. The molecule has 144 valence electrons. The Balaban J connectivity index is 1.57. The highest BCUT2D eigenvalue weighted by Crippen LogP contribution is 2.41. The van der Waals surface area contributed by atoms with E-state index in [1.165, 1.54) is 47.3 Å². The van der Waals surface area contributed by atoms with E-state index in [0.717, 1.165) is 11.3 Å². The van der Waals surface area contributed by atoms with Crippen LogP contribution in [-0.2, 0) is 17.6 Å². The molecule has 3 aliphatic rings. The molecule has 0 radical (unpaired) electrons. The van der Waals surface area contributed by atoms with E-state index >= 15 is 0 Å². The van der Waals surface area contributed by atoms with E-state index in [0.29, 0.717) is 12.0 Å². The first kappa shape index (κ1) is 19.0. The van der Waals surface area contributed by atoms with Gasteiger partial charge in [0.15, 0.2) is 0 Å². The maximum absolute atomic E-state index is 9.62. The van der Waals surface area contributed by atoms with Crippen LogP contribution in [0, 0.1) is 11.3 Å². The maximum atomic E-state index is 9.62. The summed E-state index contributed by atoms with van der Waals surface area (Å²) < 4.78 is 5.86. The topological polar surface area (TPSA) is 45.0 Å². The normalized spacial score (nSPS) is 21.4. The molecular formula is C24H26N2OS. The number of ether oxygens (including phenoxy) is 1. The summed E-state index contributed by atoms with van der Waals surface area (Å²) in [5.74, 6) is 0.761. The first-order valence-corrected chi connectivity index (χ1v) is 11.0. The van der Waals surface area contributed by atoms with Crippen molar-refractivity contribution in [2.45, 2.75) is 57.4 Å². The molecule has 0 fully saturated rings. The number of rotatable bonds is 4. The van der Waals surface area contributed by atoms with E-state index in [2.05, 4.69) is 47.9 Å². The van der Waals surface area contributed by atoms with E-state index in [-0.39, 0.29) is 11.5 Å². The van der Waals surface area contributed by atoms with Gasteiger partial charge in [-0.25, -0.2) is 0 Å². The number of nitrogens with zero attached hydrogens (tertiary/aromatic N) is 1. The molecule has 1 aromatic carbocycles. The Bertz CT molecular complexity index is 930. The highest BCUT2D eigenvalue weighted by atomic mass is 32.2. The second-order valence-electron chi connectivity index (χ2n) is 7.69. The lowest BCUT2D eigenvalue weighted by molar-refractivity contribution is 0.142. The molecule has 3 nitrogen and oxygen atoms in total. The molecule has 4 heteroatoms. The van der Waals surface area contributed by atoms with Gasteiger partial charge in [0.2, 0.25) is 0 Å². The van der Waals surface area contributed by atoms with Gasteiger partial charge in [-0.3, -0.25) is 0 Å². The van der Waals surface area contributed by atoms with Crippen molar-refractivity contribution in [1.29, 1.82) is 5.26 Å². The standard InChI is InChI=1S/C24H26N2OS/c1-16(2)27-22-12-6-9-18(13-19(22)14-25)24-26-15-23(28-24)21-11-5-8-17-7-3-4-10-20(17)21/h5-6,8-9,11,13,15-16,24,26H,3-4,7,10,12H2,1-2H3. The average molecular weight is 391 g/mol. The monoisotopic (exact) mass is 390 g/mol. The van der Waals surface area contributed by atoms with Crippen LogP contribution in [0.5, 0.6) is 0 Å². The SMILES string of the molecule is CC(C)OC1=C(C#N)C=C(C2NC=C(c3cccc4c3CCCC4)S2)C=CC1. The van der Waals surface area contributed by atoms with Crippen LogP contribution >= 0.6 is 11.8 Å². The van der Waals surface area contributed by atoms with Crippen molar-refractivity contribution in [2.75, 3.05) is 0 Å². The fraction of sp³-hybridized carbons (Fsp3) is 0.375. The number of fused-ring (bicyclic) bond motifs is 1. The highest BCUT2D eigenvalue weighted by Gasteiger charge is 2.25. The summed E-state index contributed by atoms with van der Waals surface area (Å²) in [6, 6.07) is 9.03. The number of allylic oxidation sites excluding steroid dienone is 3. The van der Waals surface area contributed by atoms with Crippen molar-refractivity contribution in [3.05, 3.63) is 76.2 Å². The van der Waals surface area contributed by atoms with Crippen molar-refractivity contribution >= 4 is 16.7 Å². The molecule has 0 spiro atoms. The van der Waals surface area contributed by atoms with E-state index in [1.807, 2.05) is 31.7 Å². The highest BCUT2D eigenvalue weighted by molar-refractivity contribution is 8.09. The molecule has 0 saturated heterocycles. The third kappa shape index (κ3) is 3.91. The summed E-state index contributed by atoms with van der Waals surface area (Å²) in [4.78, 5) is 1.29. The number of hydrogen-bond donors (Lipinski definition) is 1. The number of benzene rings is 1. The van der Waals surface area contributed by atoms with Crippen molar-refractivity contribution < 1.29 is 4.74 Å². The summed E-state index contributed by atoms with van der Waals surface area (Å²) in [7, 11) is 0. The molecule has 1 heterocycles. The van der Waals surface area contributed by atoms with Gasteiger partial charge in [-0.2, -0.15) is 5.26 Å². The van der Waals surface area contributed by atoms with Crippen molar-refractivity contribution in [3.63, 3.8) is 0 Å². The minimum Gasteiger partial charge on any atom is -0.494 e. The second kappa shape index (κ2) is 8.32. The van der Waals surface area contributed by atoms with Crippen molar-refractivity contribution in [1.82, 2.24) is 5.32 Å². The summed E-state index contributed by atoms with van der Waals surface area (Å²) in [5.41, 5.74) is 6.13. The Morgan fingerprint density at radius 3 is 2.93 bits per heavy atom. The van der Waals surface area contributed by atoms with Crippen LogP contribution in [0.1, 0.15) is 49.8 Å². The van der Waals surface area contributed by atoms with Gasteiger partial charge in [-0.1, -0.05) is 42.1 Å². The van der Waals surface area contributed by atoms with Gasteiger partial charge in [-0.15, -0.1) is 0 Å². The molecule has 28 heavy (non-hydrogen) atoms. The minimum absolute atomic E-state index is 0.0678. The van der Waals surface area contributed by atoms with Crippen LogP contribution in [0.2, 0.25) is 0 Å². The van der Waals surface area contributed by atoms with E-state index in [9.17, 15) is 5.26 Å². The first-order valence-electron chi connectivity index (χ1n) is 10.1. The average Bonchev–Trinajstić information content (AvgIpc) is 3.10. The number of nitriles is 1. The molecule has 0 bridgehead atoms. The Kier molecular flexibility index (Phi) is 5.64. The fourth-order valence-electron chi connectivity index (χ4n) is 4.03. The van der Waals surface area contributed by atoms with Gasteiger partial charge >= 0.3 is 0 Å². The lowest BCUT2D eigenvalue weighted by Crippen LogP contribution is -2.17. The summed E-state index contributed by atoms with van der Waals surface area (Å²) in [5, 5.41) is 13.3. The summed E-state index contributed by atoms with van der Waals surface area (Å²) >= 11 is 1.84. The predicted molar refractivity (Wildman–Crippen MR) is 116 cm³/mol. The lowest BCUT2D eigenvalue weighted by Gasteiger charge is -2.20. The molecule has 1 aromatic rings. The van der Waals surface area contributed by atoms with Crippen molar-refractivity contribution in [3.8, 4) is 6.07 Å². The molecule has 1 aliphatic heterocycles. The molecule has 1 unspecified atom stereocenters. The van der Waals surface area contributed by atoms with Crippen LogP contribution in [0.4, 0.5) is 0 Å². The summed E-state index contributed by atoms with van der Waals surface area (Å²) in [6.45, 7) is 3.98. The molecule has 4 rings (SSSR count). The lowest BCUT2D eigenvalue weighted by atomic mass is 9.88. The molecule has 1 N–H and O–H groups in total. The quantitative estimate of drug-likeness (QED) is 0.725. The largest absolute Gasteiger partial charge is 0.494 e. The first-order chi connectivity index (χ1) is 13.7. The van der Waals surface area contributed by atoms with E-state index in [4.69, 9.17) is 4.74 Å². The molecule has 0 amide bonds. The molecular weight excluding hydrogens is 364 g/mol. The van der Waals surface area contributed by atoms with E-state index in [1.54, 1.807) is 0 Å². The predicted octanol–water partition coefficient (Wildman–Crippen LogP) is 5.62. The minimum atomic E-state index is 0.0678. The Hall–Kier alpha value is -2.38. The smallest absolute Gasteiger partial charge is 0.118 e. The fourth-order valence-corrected chi connectivity index (χ4v) is 5.15. The molecule has 2 aliphatic carbocycles. The van der Waals surface area contributed by atoms with Crippen molar-refractivity contribution in [2.24, 2.45) is 0 Å². The third-order valence-electron chi connectivity index (χ3n) is 5.30. The Morgan fingerprint density at radius 2 is 2.11 bits per heavy atom. The summed E-state index contributed by atoms with van der Waals surface area (Å²) in [6.07, 6.45) is 14.0. The van der Waals surface area contributed by atoms with Gasteiger partial charge in [0.25, 0.3) is 0 Å². The van der Waals surface area contributed by atoms with Gasteiger partial charge in [0.05, 0.1) is 11.7 Å². The van der Waals surface area contributed by atoms with E-state index < -0.39 is 0 Å². The van der Waals surface area contributed by atoms with Gasteiger partial charge < -0.3 is 10.1 Å². The van der Waals surface area contributed by atoms with Crippen LogP contribution in [0.15, 0.2) is 59.5 Å². The van der Waals surface area contributed by atoms with Crippen LogP contribution < -0.4 is 5.32 Å². The molecule has 1 atom stereocenters. The Morgan fingerprint density at radius 1 is 1.25 bits per heavy atom. The van der Waals surface area contributed by atoms with Gasteiger partial charge in [0, 0.05) is 17.5 Å². The second-order valence-corrected chi connectivity index (χ2v) is 8.84. The zero-order valence-corrected chi connectivity index (χ0v) is 17.3.